The van der Waals surface area contributed by atoms with E-state index in [2.05, 4.69) is 0 Å². The first-order valence-corrected chi connectivity index (χ1v) is 6.22. The van der Waals surface area contributed by atoms with E-state index in [4.69, 9.17) is 5.73 Å². The van der Waals surface area contributed by atoms with Crippen molar-refractivity contribution in [2.45, 2.75) is 25.1 Å². The lowest BCUT2D eigenvalue weighted by atomic mass is 10.1. The molecule has 1 aliphatic heterocycles. The molecule has 0 aromatic heterocycles. The molecule has 0 aromatic carbocycles. The molecule has 0 amide bonds. The summed E-state index contributed by atoms with van der Waals surface area (Å²) in [6.45, 7) is -1.22. The van der Waals surface area contributed by atoms with Crippen LogP contribution in [0.5, 0.6) is 0 Å². The molecule has 5 nitrogen and oxygen atoms in total. The molecule has 0 unspecified atom stereocenters. The monoisotopic (exact) mass is 297 g/mol. The van der Waals surface area contributed by atoms with E-state index in [1.807, 2.05) is 0 Å². The summed E-state index contributed by atoms with van der Waals surface area (Å²) in [6.07, 6.45) is -3.61. The van der Waals surface area contributed by atoms with Gasteiger partial charge in [-0.2, -0.15) is 30.6 Å². The van der Waals surface area contributed by atoms with Crippen molar-refractivity contribution in [2.75, 3.05) is 19.6 Å². The number of hydrogen-bond donors (Lipinski definition) is 2. The van der Waals surface area contributed by atoms with Crippen LogP contribution >= 0.6 is 12.4 Å². The van der Waals surface area contributed by atoms with Crippen LogP contribution in [-0.4, -0.2) is 44.6 Å². The number of halogens is 4. The van der Waals surface area contributed by atoms with E-state index in [-0.39, 0.29) is 31.5 Å². The lowest BCUT2D eigenvalue weighted by molar-refractivity contribution is -0.121. The van der Waals surface area contributed by atoms with Crippen molar-refractivity contribution < 1.29 is 21.6 Å². The summed E-state index contributed by atoms with van der Waals surface area (Å²) in [5.41, 5.74) is 5.56. The average molecular weight is 298 g/mol. The van der Waals surface area contributed by atoms with Gasteiger partial charge < -0.3 is 5.73 Å². The third-order valence-electron chi connectivity index (χ3n) is 2.29. The van der Waals surface area contributed by atoms with Gasteiger partial charge in [0.1, 0.15) is 6.54 Å². The van der Waals surface area contributed by atoms with Crippen LogP contribution in [-0.2, 0) is 10.2 Å². The topological polar surface area (TPSA) is 75.4 Å². The molecule has 1 rings (SSSR count). The minimum atomic E-state index is -4.54. The minimum absolute atomic E-state index is 0. The number of piperidine rings is 1. The highest BCUT2D eigenvalue weighted by Crippen LogP contribution is 2.15. The van der Waals surface area contributed by atoms with Crippen molar-refractivity contribution in [3.63, 3.8) is 0 Å². The number of alkyl halides is 3. The second kappa shape index (κ2) is 6.19. The quantitative estimate of drug-likeness (QED) is 0.783. The van der Waals surface area contributed by atoms with Crippen molar-refractivity contribution in [3.8, 4) is 0 Å². The van der Waals surface area contributed by atoms with Crippen LogP contribution in [0.1, 0.15) is 12.8 Å². The lowest BCUT2D eigenvalue weighted by Crippen LogP contribution is -2.49. The number of nitrogens with zero attached hydrogens (tertiary/aromatic N) is 1. The van der Waals surface area contributed by atoms with Gasteiger partial charge in [0.05, 0.1) is 0 Å². The first-order valence-electron chi connectivity index (χ1n) is 4.78. The second-order valence-corrected chi connectivity index (χ2v) is 5.43. The van der Waals surface area contributed by atoms with Crippen LogP contribution in [0.4, 0.5) is 13.2 Å². The SMILES string of the molecule is Cl.NC1CCN(S(=O)(=O)NCC(F)(F)F)CC1. The van der Waals surface area contributed by atoms with Crippen molar-refractivity contribution in [1.29, 1.82) is 0 Å². The molecule has 104 valence electrons. The highest BCUT2D eigenvalue weighted by Gasteiger charge is 2.32. The molecule has 1 aliphatic rings. The van der Waals surface area contributed by atoms with Gasteiger partial charge in [-0.3, -0.25) is 0 Å². The summed E-state index contributed by atoms with van der Waals surface area (Å²) >= 11 is 0. The maximum atomic E-state index is 11.8. The van der Waals surface area contributed by atoms with Crippen LogP contribution in [0.15, 0.2) is 0 Å². The molecule has 0 atom stereocenters. The van der Waals surface area contributed by atoms with E-state index >= 15 is 0 Å². The Morgan fingerprint density at radius 3 is 2.18 bits per heavy atom. The molecule has 1 saturated heterocycles. The van der Waals surface area contributed by atoms with Gasteiger partial charge in [-0.1, -0.05) is 0 Å². The summed E-state index contributed by atoms with van der Waals surface area (Å²) < 4.78 is 60.9. The Bertz CT molecular complexity index is 328. The van der Waals surface area contributed by atoms with E-state index in [1.165, 1.54) is 4.72 Å². The smallest absolute Gasteiger partial charge is 0.328 e. The maximum Gasteiger partial charge on any atom is 0.402 e. The van der Waals surface area contributed by atoms with E-state index in [1.54, 1.807) is 0 Å². The fourth-order valence-corrected chi connectivity index (χ4v) is 2.60. The van der Waals surface area contributed by atoms with Crippen LogP contribution in [0, 0.1) is 0 Å². The maximum absolute atomic E-state index is 11.8. The van der Waals surface area contributed by atoms with Crippen molar-refractivity contribution in [1.82, 2.24) is 9.03 Å². The fourth-order valence-electron chi connectivity index (χ4n) is 1.38. The summed E-state index contributed by atoms with van der Waals surface area (Å²) in [7, 11) is -4.03. The molecular weight excluding hydrogens is 283 g/mol. The lowest BCUT2D eigenvalue weighted by Gasteiger charge is -2.29. The number of hydrogen-bond acceptors (Lipinski definition) is 3. The highest BCUT2D eigenvalue weighted by atomic mass is 35.5. The normalized spacial score (nSPS) is 20.0. The van der Waals surface area contributed by atoms with Crippen molar-refractivity contribution in [2.24, 2.45) is 5.73 Å². The molecule has 0 spiro atoms. The molecule has 0 aliphatic carbocycles. The average Bonchev–Trinajstić information content (AvgIpc) is 2.15. The van der Waals surface area contributed by atoms with Gasteiger partial charge in [-0.25, -0.2) is 0 Å². The largest absolute Gasteiger partial charge is 0.402 e. The Morgan fingerprint density at radius 2 is 1.76 bits per heavy atom. The highest BCUT2D eigenvalue weighted by molar-refractivity contribution is 7.87. The van der Waals surface area contributed by atoms with Crippen molar-refractivity contribution in [3.05, 3.63) is 0 Å². The van der Waals surface area contributed by atoms with E-state index in [9.17, 15) is 21.6 Å². The minimum Gasteiger partial charge on any atom is -0.328 e. The van der Waals surface area contributed by atoms with Crippen LogP contribution in [0.2, 0.25) is 0 Å². The molecule has 0 aromatic rings. The zero-order valence-corrected chi connectivity index (χ0v) is 10.5. The van der Waals surface area contributed by atoms with Gasteiger partial charge in [0.25, 0.3) is 10.2 Å². The van der Waals surface area contributed by atoms with E-state index in [0.29, 0.717) is 12.8 Å². The van der Waals surface area contributed by atoms with Crippen LogP contribution in [0.25, 0.3) is 0 Å². The van der Waals surface area contributed by atoms with Gasteiger partial charge in [-0.05, 0) is 12.8 Å². The molecule has 0 radical (unpaired) electrons. The molecule has 17 heavy (non-hydrogen) atoms. The Kier molecular flexibility index (Phi) is 6.15. The zero-order chi connectivity index (χ0) is 12.4. The van der Waals surface area contributed by atoms with Crippen molar-refractivity contribution >= 4 is 22.6 Å². The molecule has 0 saturated carbocycles. The van der Waals surface area contributed by atoms with Crippen LogP contribution < -0.4 is 10.5 Å². The number of nitrogens with one attached hydrogen (secondary N) is 1. The summed E-state index contributed by atoms with van der Waals surface area (Å²) in [4.78, 5) is 0. The second-order valence-electron chi connectivity index (χ2n) is 3.68. The van der Waals surface area contributed by atoms with E-state index < -0.39 is 22.9 Å². The molecule has 0 bridgehead atoms. The molecule has 1 heterocycles. The van der Waals surface area contributed by atoms with Gasteiger partial charge in [-0.15, -0.1) is 12.4 Å². The molecular formula is C7H15ClF3N3O2S. The predicted octanol–water partition coefficient (Wildman–Crippen LogP) is 0.228. The standard InChI is InChI=1S/C7H14F3N3O2S.ClH/c8-7(9,10)5-12-16(14,15)13-3-1-6(11)2-4-13;/h6,12H,1-5,11H2;1H. The first-order chi connectivity index (χ1) is 7.21. The number of nitrogens with two attached hydrogens (primary N) is 1. The van der Waals surface area contributed by atoms with Crippen LogP contribution in [0.3, 0.4) is 0 Å². The third kappa shape index (κ3) is 5.87. The Labute approximate surface area is 104 Å². The molecule has 10 heteroatoms. The fraction of sp³-hybridized carbons (Fsp3) is 1.00. The predicted molar refractivity (Wildman–Crippen MR) is 59.0 cm³/mol. The van der Waals surface area contributed by atoms with Gasteiger partial charge >= 0.3 is 6.18 Å². The molecule has 3 N–H and O–H groups in total. The Balaban J connectivity index is 0.00000256. The third-order valence-corrected chi connectivity index (χ3v) is 3.85. The van der Waals surface area contributed by atoms with Gasteiger partial charge in [0, 0.05) is 19.1 Å². The van der Waals surface area contributed by atoms with E-state index in [0.717, 1.165) is 4.31 Å². The van der Waals surface area contributed by atoms with Gasteiger partial charge in [0.2, 0.25) is 0 Å². The Morgan fingerprint density at radius 1 is 1.29 bits per heavy atom. The zero-order valence-electron chi connectivity index (χ0n) is 8.90. The first kappa shape index (κ1) is 16.9. The summed E-state index contributed by atoms with van der Waals surface area (Å²) in [5.74, 6) is 0. The molecule has 1 fully saturated rings. The van der Waals surface area contributed by atoms with Gasteiger partial charge in [0.15, 0.2) is 0 Å². The Hall–Kier alpha value is -0.0900. The number of rotatable bonds is 3. The summed E-state index contributed by atoms with van der Waals surface area (Å²) in [6, 6.07) is -0.0749. The summed E-state index contributed by atoms with van der Waals surface area (Å²) in [5, 5.41) is 0.